The zero-order chi connectivity index (χ0) is 10.9. The molecule has 0 aromatic heterocycles. The first-order chi connectivity index (χ1) is 6.34. The second-order valence-electron chi connectivity index (χ2n) is 4.30. The molecule has 5 nitrogen and oxygen atoms in total. The van der Waals surface area contributed by atoms with Gasteiger partial charge in [0.2, 0.25) is 0 Å². The molecule has 0 spiro atoms. The van der Waals surface area contributed by atoms with Crippen molar-refractivity contribution in [2.45, 2.75) is 38.8 Å². The molecule has 0 radical (unpaired) electrons. The third-order valence-electron chi connectivity index (χ3n) is 2.15. The van der Waals surface area contributed by atoms with Gasteiger partial charge in [-0.3, -0.25) is 4.90 Å². The maximum absolute atomic E-state index is 11.2. The van der Waals surface area contributed by atoms with Gasteiger partial charge in [-0.15, -0.1) is 0 Å². The molecule has 80 valence electrons. The smallest absolute Gasteiger partial charge is 0.408 e. The molecule has 1 saturated heterocycles. The van der Waals surface area contributed by atoms with Crippen LogP contribution in [0, 0.1) is 0 Å². The molecule has 0 aromatic rings. The van der Waals surface area contributed by atoms with Crippen LogP contribution in [0.2, 0.25) is 0 Å². The number of ether oxygens (including phenoxy) is 1. The van der Waals surface area contributed by atoms with Gasteiger partial charge in [-0.2, -0.15) is 0 Å². The Hall–Kier alpha value is -1.26. The quantitative estimate of drug-likeness (QED) is 0.644. The first-order valence-electron chi connectivity index (χ1n) is 4.53. The second kappa shape index (κ2) is 3.48. The number of carbonyl (C=O) groups excluding carboxylic acids is 1. The van der Waals surface area contributed by atoms with E-state index in [1.54, 1.807) is 20.8 Å². The van der Waals surface area contributed by atoms with E-state index in [2.05, 4.69) is 0 Å². The predicted octanol–water partition coefficient (Wildman–Crippen LogP) is 1.08. The highest BCUT2D eigenvalue weighted by molar-refractivity contribution is 5.82. The standard InChI is InChI=1S/C9H15NO4/c1-9(2,3)10(8(12)13)6-4-5-14-7(6)11/h6H,4-5H2,1-3H3,(H,12,13). The summed E-state index contributed by atoms with van der Waals surface area (Å²) in [6.07, 6.45) is -0.635. The van der Waals surface area contributed by atoms with Gasteiger partial charge < -0.3 is 9.84 Å². The van der Waals surface area contributed by atoms with E-state index in [1.807, 2.05) is 0 Å². The topological polar surface area (TPSA) is 66.8 Å². The monoisotopic (exact) mass is 201 g/mol. The zero-order valence-electron chi connectivity index (χ0n) is 8.61. The molecule has 1 aliphatic rings. The normalized spacial score (nSPS) is 21.9. The first-order valence-corrected chi connectivity index (χ1v) is 4.53. The third kappa shape index (κ3) is 1.97. The number of esters is 1. The number of nitrogens with zero attached hydrogens (tertiary/aromatic N) is 1. The van der Waals surface area contributed by atoms with Crippen LogP contribution < -0.4 is 0 Å². The largest absolute Gasteiger partial charge is 0.465 e. The summed E-state index contributed by atoms with van der Waals surface area (Å²) < 4.78 is 4.75. The Balaban J connectivity index is 2.88. The van der Waals surface area contributed by atoms with E-state index in [-0.39, 0.29) is 0 Å². The van der Waals surface area contributed by atoms with Gasteiger partial charge in [0, 0.05) is 12.0 Å². The fraction of sp³-hybridized carbons (Fsp3) is 0.778. The molecule has 5 heteroatoms. The molecule has 1 aliphatic heterocycles. The fourth-order valence-corrected chi connectivity index (χ4v) is 1.61. The minimum Gasteiger partial charge on any atom is -0.465 e. The summed E-state index contributed by atoms with van der Waals surface area (Å²) in [5.74, 6) is -0.442. The summed E-state index contributed by atoms with van der Waals surface area (Å²) >= 11 is 0. The molecule has 1 amide bonds. The van der Waals surface area contributed by atoms with Crippen molar-refractivity contribution >= 4 is 12.1 Å². The summed E-state index contributed by atoms with van der Waals surface area (Å²) in [5.41, 5.74) is -0.583. The van der Waals surface area contributed by atoms with Crippen molar-refractivity contribution in [1.29, 1.82) is 0 Å². The van der Waals surface area contributed by atoms with E-state index in [4.69, 9.17) is 9.84 Å². The lowest BCUT2D eigenvalue weighted by Crippen LogP contribution is -2.52. The van der Waals surface area contributed by atoms with Crippen molar-refractivity contribution in [3.63, 3.8) is 0 Å². The highest BCUT2D eigenvalue weighted by Gasteiger charge is 2.41. The van der Waals surface area contributed by atoms with Crippen LogP contribution in [0.5, 0.6) is 0 Å². The third-order valence-corrected chi connectivity index (χ3v) is 2.15. The summed E-state index contributed by atoms with van der Waals surface area (Å²) in [4.78, 5) is 23.4. The number of amides is 1. The van der Waals surface area contributed by atoms with Gasteiger partial charge in [0.1, 0.15) is 6.04 Å². The second-order valence-corrected chi connectivity index (χ2v) is 4.30. The lowest BCUT2D eigenvalue weighted by atomic mass is 10.0. The van der Waals surface area contributed by atoms with E-state index in [0.717, 1.165) is 4.90 Å². The molecule has 0 aliphatic carbocycles. The van der Waals surface area contributed by atoms with Crippen LogP contribution in [0.15, 0.2) is 0 Å². The van der Waals surface area contributed by atoms with Crippen molar-refractivity contribution < 1.29 is 19.4 Å². The van der Waals surface area contributed by atoms with Gasteiger partial charge in [0.05, 0.1) is 6.61 Å². The van der Waals surface area contributed by atoms with E-state index < -0.39 is 23.6 Å². The number of rotatable bonds is 1. The molecule has 1 N–H and O–H groups in total. The van der Waals surface area contributed by atoms with Gasteiger partial charge in [-0.25, -0.2) is 9.59 Å². The Morgan fingerprint density at radius 2 is 2.14 bits per heavy atom. The first kappa shape index (κ1) is 10.8. The highest BCUT2D eigenvalue weighted by atomic mass is 16.5. The maximum Gasteiger partial charge on any atom is 0.408 e. The minimum atomic E-state index is -1.08. The predicted molar refractivity (Wildman–Crippen MR) is 49.0 cm³/mol. The van der Waals surface area contributed by atoms with Crippen LogP contribution in [0.4, 0.5) is 4.79 Å². The Bertz CT molecular complexity index is 256. The van der Waals surface area contributed by atoms with Gasteiger partial charge >= 0.3 is 12.1 Å². The summed E-state index contributed by atoms with van der Waals surface area (Å²) in [7, 11) is 0. The lowest BCUT2D eigenvalue weighted by Gasteiger charge is -2.35. The van der Waals surface area contributed by atoms with Gasteiger partial charge in [-0.1, -0.05) is 0 Å². The van der Waals surface area contributed by atoms with Crippen molar-refractivity contribution in [3.05, 3.63) is 0 Å². The number of hydrogen-bond donors (Lipinski definition) is 1. The number of carbonyl (C=O) groups is 2. The molecule has 1 fully saturated rings. The van der Waals surface area contributed by atoms with E-state index in [0.29, 0.717) is 13.0 Å². The molecule has 0 aromatic carbocycles. The molecule has 1 heterocycles. The zero-order valence-corrected chi connectivity index (χ0v) is 8.61. The van der Waals surface area contributed by atoms with Gasteiger partial charge in [0.25, 0.3) is 0 Å². The Morgan fingerprint density at radius 3 is 2.43 bits per heavy atom. The number of cyclic esters (lactones) is 1. The molecule has 0 saturated carbocycles. The van der Waals surface area contributed by atoms with Crippen LogP contribution in [0.25, 0.3) is 0 Å². The highest BCUT2D eigenvalue weighted by Crippen LogP contribution is 2.23. The molecule has 0 bridgehead atoms. The SMILES string of the molecule is CC(C)(C)N(C(=O)O)C1CCOC1=O. The maximum atomic E-state index is 11.2. The van der Waals surface area contributed by atoms with E-state index in [9.17, 15) is 9.59 Å². The summed E-state index contributed by atoms with van der Waals surface area (Å²) in [5, 5.41) is 9.01. The summed E-state index contributed by atoms with van der Waals surface area (Å²) in [6.45, 7) is 5.58. The Kier molecular flexibility index (Phi) is 2.69. The number of hydrogen-bond acceptors (Lipinski definition) is 3. The van der Waals surface area contributed by atoms with Crippen LogP contribution in [0.1, 0.15) is 27.2 Å². The van der Waals surface area contributed by atoms with Crippen molar-refractivity contribution in [3.8, 4) is 0 Å². The Labute approximate surface area is 82.6 Å². The lowest BCUT2D eigenvalue weighted by molar-refractivity contribution is -0.143. The van der Waals surface area contributed by atoms with Crippen molar-refractivity contribution in [2.24, 2.45) is 0 Å². The molecule has 1 rings (SSSR count). The molecular weight excluding hydrogens is 186 g/mol. The van der Waals surface area contributed by atoms with Crippen LogP contribution >= 0.6 is 0 Å². The average molecular weight is 201 g/mol. The number of carboxylic acid groups (broad SMARTS) is 1. The van der Waals surface area contributed by atoms with E-state index >= 15 is 0 Å². The van der Waals surface area contributed by atoms with Crippen LogP contribution in [-0.2, 0) is 9.53 Å². The molecular formula is C9H15NO4. The van der Waals surface area contributed by atoms with Crippen molar-refractivity contribution in [1.82, 2.24) is 4.90 Å². The van der Waals surface area contributed by atoms with Crippen LogP contribution in [-0.4, -0.2) is 40.3 Å². The van der Waals surface area contributed by atoms with E-state index in [1.165, 1.54) is 0 Å². The molecule has 1 atom stereocenters. The minimum absolute atomic E-state index is 0.309. The van der Waals surface area contributed by atoms with Crippen LogP contribution in [0.3, 0.4) is 0 Å². The summed E-state index contributed by atoms with van der Waals surface area (Å²) in [6, 6.07) is -0.646. The van der Waals surface area contributed by atoms with Crippen molar-refractivity contribution in [2.75, 3.05) is 6.61 Å². The Morgan fingerprint density at radius 1 is 1.57 bits per heavy atom. The average Bonchev–Trinajstić information content (AvgIpc) is 2.32. The fourth-order valence-electron chi connectivity index (χ4n) is 1.61. The molecule has 14 heavy (non-hydrogen) atoms. The van der Waals surface area contributed by atoms with Gasteiger partial charge in [0.15, 0.2) is 0 Å². The molecule has 1 unspecified atom stereocenters. The van der Waals surface area contributed by atoms with Gasteiger partial charge in [-0.05, 0) is 20.8 Å².